The average Bonchev–Trinajstić information content (AvgIpc) is 2.38. The molecule has 0 aliphatic carbocycles. The number of rotatable bonds is 7. The maximum atomic E-state index is 3.58. The lowest BCUT2D eigenvalue weighted by atomic mass is 9.98. The monoisotopic (exact) mass is 326 g/mol. The average molecular weight is 327 g/mol. The Balaban J connectivity index is 2.98. The van der Waals surface area contributed by atoms with Gasteiger partial charge in [-0.05, 0) is 57.0 Å². The smallest absolute Gasteiger partial charge is 0.0414 e. The van der Waals surface area contributed by atoms with Crippen LogP contribution < -0.4 is 10.2 Å². The number of anilines is 1. The number of nitrogens with one attached hydrogen (secondary N) is 1. The lowest BCUT2D eigenvalue weighted by molar-refractivity contribution is 0.469. The Morgan fingerprint density at radius 1 is 1.26 bits per heavy atom. The van der Waals surface area contributed by atoms with E-state index < -0.39 is 0 Å². The first kappa shape index (κ1) is 16.5. The van der Waals surface area contributed by atoms with Crippen molar-refractivity contribution in [3.8, 4) is 0 Å². The Labute approximate surface area is 126 Å². The second-order valence-corrected chi connectivity index (χ2v) is 6.59. The van der Waals surface area contributed by atoms with E-state index in [2.05, 4.69) is 79.1 Å². The van der Waals surface area contributed by atoms with Crippen LogP contribution in [0.25, 0.3) is 0 Å². The molecule has 1 N–H and O–H groups in total. The van der Waals surface area contributed by atoms with Crippen molar-refractivity contribution in [2.24, 2.45) is 0 Å². The van der Waals surface area contributed by atoms with Gasteiger partial charge < -0.3 is 10.2 Å². The third kappa shape index (κ3) is 4.50. The van der Waals surface area contributed by atoms with Crippen molar-refractivity contribution >= 4 is 21.6 Å². The van der Waals surface area contributed by atoms with E-state index in [1.807, 2.05) is 0 Å². The summed E-state index contributed by atoms with van der Waals surface area (Å²) in [7, 11) is 2.19. The molecule has 1 aromatic carbocycles. The zero-order valence-corrected chi connectivity index (χ0v) is 14.5. The quantitative estimate of drug-likeness (QED) is 0.738. The fourth-order valence-corrected chi connectivity index (χ4v) is 2.39. The molecule has 108 valence electrons. The summed E-state index contributed by atoms with van der Waals surface area (Å²) in [6.07, 6.45) is 2.29. The van der Waals surface area contributed by atoms with E-state index in [1.54, 1.807) is 0 Å². The summed E-state index contributed by atoms with van der Waals surface area (Å²) in [4.78, 5) is 2.39. The summed E-state index contributed by atoms with van der Waals surface area (Å²) in [5, 5.41) is 3.50. The number of nitrogens with zero attached hydrogens (tertiary/aromatic N) is 1. The molecule has 0 heterocycles. The molecule has 0 bridgehead atoms. The molecule has 0 spiro atoms. The summed E-state index contributed by atoms with van der Waals surface area (Å²) in [6.45, 7) is 11.0. The second-order valence-electron chi connectivity index (χ2n) is 5.67. The maximum absolute atomic E-state index is 3.58. The Bertz CT molecular complexity index is 402. The Morgan fingerprint density at radius 2 is 1.95 bits per heavy atom. The number of hydrogen-bond donors (Lipinski definition) is 1. The number of benzene rings is 1. The SMILES string of the molecule is CCCNCc1cc(Br)ccc1N(C)C(C)(C)CC. The second kappa shape index (κ2) is 7.30. The number of halogens is 1. The van der Waals surface area contributed by atoms with Gasteiger partial charge in [0.25, 0.3) is 0 Å². The molecule has 0 saturated carbocycles. The van der Waals surface area contributed by atoms with Gasteiger partial charge in [-0.1, -0.05) is 29.8 Å². The number of hydrogen-bond acceptors (Lipinski definition) is 2. The fourth-order valence-electron chi connectivity index (χ4n) is 1.99. The molecule has 19 heavy (non-hydrogen) atoms. The Morgan fingerprint density at radius 3 is 2.53 bits per heavy atom. The van der Waals surface area contributed by atoms with Crippen molar-refractivity contribution < 1.29 is 0 Å². The van der Waals surface area contributed by atoms with Crippen LogP contribution in [0.15, 0.2) is 22.7 Å². The van der Waals surface area contributed by atoms with Gasteiger partial charge in [-0.15, -0.1) is 0 Å². The standard InChI is InChI=1S/C16H27BrN2/c1-6-10-18-12-13-11-14(17)8-9-15(13)19(5)16(3,4)7-2/h8-9,11,18H,6-7,10,12H2,1-5H3. The molecule has 0 unspecified atom stereocenters. The van der Waals surface area contributed by atoms with Gasteiger partial charge in [-0.3, -0.25) is 0 Å². The van der Waals surface area contributed by atoms with Crippen LogP contribution in [-0.2, 0) is 6.54 Å². The minimum absolute atomic E-state index is 0.174. The van der Waals surface area contributed by atoms with Gasteiger partial charge in [0.15, 0.2) is 0 Å². The Kier molecular flexibility index (Phi) is 6.34. The van der Waals surface area contributed by atoms with Gasteiger partial charge in [0, 0.05) is 29.3 Å². The molecular weight excluding hydrogens is 300 g/mol. The first-order chi connectivity index (χ1) is 8.92. The van der Waals surface area contributed by atoms with Crippen molar-refractivity contribution in [3.63, 3.8) is 0 Å². The molecule has 3 heteroatoms. The van der Waals surface area contributed by atoms with Crippen molar-refractivity contribution in [3.05, 3.63) is 28.2 Å². The van der Waals surface area contributed by atoms with E-state index in [0.29, 0.717) is 0 Å². The molecule has 0 aliphatic rings. The zero-order chi connectivity index (χ0) is 14.5. The first-order valence-electron chi connectivity index (χ1n) is 7.15. The summed E-state index contributed by atoms with van der Waals surface area (Å²) in [5.41, 5.74) is 2.85. The van der Waals surface area contributed by atoms with Gasteiger partial charge >= 0.3 is 0 Å². The summed E-state index contributed by atoms with van der Waals surface area (Å²) in [6, 6.07) is 6.56. The minimum Gasteiger partial charge on any atom is -0.369 e. The minimum atomic E-state index is 0.174. The van der Waals surface area contributed by atoms with Crippen LogP contribution in [0.2, 0.25) is 0 Å². The normalized spacial score (nSPS) is 11.7. The largest absolute Gasteiger partial charge is 0.369 e. The van der Waals surface area contributed by atoms with Crippen LogP contribution in [0, 0.1) is 0 Å². The van der Waals surface area contributed by atoms with Crippen LogP contribution in [0.4, 0.5) is 5.69 Å². The maximum Gasteiger partial charge on any atom is 0.0414 e. The van der Waals surface area contributed by atoms with Crippen molar-refractivity contribution in [2.75, 3.05) is 18.5 Å². The van der Waals surface area contributed by atoms with Crippen LogP contribution in [0.5, 0.6) is 0 Å². The molecule has 1 rings (SSSR count). The molecule has 0 radical (unpaired) electrons. The topological polar surface area (TPSA) is 15.3 Å². The summed E-state index contributed by atoms with van der Waals surface area (Å²) >= 11 is 3.58. The Hall–Kier alpha value is -0.540. The van der Waals surface area contributed by atoms with E-state index in [4.69, 9.17) is 0 Å². The lowest BCUT2D eigenvalue weighted by Crippen LogP contribution is -2.41. The van der Waals surface area contributed by atoms with Crippen LogP contribution in [-0.4, -0.2) is 19.1 Å². The van der Waals surface area contributed by atoms with Crippen molar-refractivity contribution in [2.45, 2.75) is 52.6 Å². The third-order valence-electron chi connectivity index (χ3n) is 3.92. The summed E-state index contributed by atoms with van der Waals surface area (Å²) in [5.74, 6) is 0. The highest BCUT2D eigenvalue weighted by molar-refractivity contribution is 9.10. The fraction of sp³-hybridized carbons (Fsp3) is 0.625. The zero-order valence-electron chi connectivity index (χ0n) is 12.9. The van der Waals surface area contributed by atoms with Gasteiger partial charge in [-0.2, -0.15) is 0 Å². The molecule has 0 fully saturated rings. The molecular formula is C16H27BrN2. The lowest BCUT2D eigenvalue weighted by Gasteiger charge is -2.38. The van der Waals surface area contributed by atoms with E-state index in [0.717, 1.165) is 24.0 Å². The van der Waals surface area contributed by atoms with Gasteiger partial charge in [0.1, 0.15) is 0 Å². The van der Waals surface area contributed by atoms with Crippen LogP contribution in [0.1, 0.15) is 46.1 Å². The predicted octanol–water partition coefficient (Wildman–Crippen LogP) is 4.57. The molecule has 0 amide bonds. The molecule has 1 aromatic rings. The highest BCUT2D eigenvalue weighted by atomic mass is 79.9. The van der Waals surface area contributed by atoms with Crippen molar-refractivity contribution in [1.82, 2.24) is 5.32 Å². The predicted molar refractivity (Wildman–Crippen MR) is 88.9 cm³/mol. The highest BCUT2D eigenvalue weighted by Gasteiger charge is 2.23. The molecule has 0 saturated heterocycles. The highest BCUT2D eigenvalue weighted by Crippen LogP contribution is 2.30. The van der Waals surface area contributed by atoms with Gasteiger partial charge in [0.2, 0.25) is 0 Å². The third-order valence-corrected chi connectivity index (χ3v) is 4.41. The molecule has 0 aromatic heterocycles. The first-order valence-corrected chi connectivity index (χ1v) is 7.94. The van der Waals surface area contributed by atoms with Crippen LogP contribution in [0.3, 0.4) is 0 Å². The molecule has 2 nitrogen and oxygen atoms in total. The van der Waals surface area contributed by atoms with E-state index >= 15 is 0 Å². The van der Waals surface area contributed by atoms with Crippen LogP contribution >= 0.6 is 15.9 Å². The van der Waals surface area contributed by atoms with Gasteiger partial charge in [0.05, 0.1) is 0 Å². The molecule has 0 aliphatic heterocycles. The summed E-state index contributed by atoms with van der Waals surface area (Å²) < 4.78 is 1.15. The van der Waals surface area contributed by atoms with E-state index in [-0.39, 0.29) is 5.54 Å². The van der Waals surface area contributed by atoms with E-state index in [1.165, 1.54) is 17.7 Å². The van der Waals surface area contributed by atoms with Crippen molar-refractivity contribution in [1.29, 1.82) is 0 Å². The van der Waals surface area contributed by atoms with E-state index in [9.17, 15) is 0 Å². The van der Waals surface area contributed by atoms with Gasteiger partial charge in [-0.25, -0.2) is 0 Å². The molecule has 0 atom stereocenters.